The normalized spacial score (nSPS) is 9.93. The number of hydrogen-bond donors (Lipinski definition) is 0. The summed E-state index contributed by atoms with van der Waals surface area (Å²) in [5.41, 5.74) is 0.271. The lowest BCUT2D eigenvalue weighted by Crippen LogP contribution is -1.95. The van der Waals surface area contributed by atoms with Crippen molar-refractivity contribution in [3.05, 3.63) is 32.8 Å². The van der Waals surface area contributed by atoms with Crippen molar-refractivity contribution < 1.29 is 9.66 Å². The maximum Gasteiger partial charge on any atom is 0.288 e. The number of benzene rings is 1. The molecule has 1 aromatic rings. The zero-order valence-corrected chi connectivity index (χ0v) is 8.80. The maximum absolute atomic E-state index is 10.5. The van der Waals surface area contributed by atoms with Crippen molar-refractivity contribution in [1.82, 2.24) is 0 Å². The van der Waals surface area contributed by atoms with Crippen LogP contribution in [0, 0.1) is 10.1 Å². The Hall–Kier alpha value is -1.00. The lowest BCUT2D eigenvalue weighted by molar-refractivity contribution is -0.384. The molecule has 6 heteroatoms. The van der Waals surface area contributed by atoms with E-state index in [2.05, 4.69) is 0 Å². The molecule has 1 rings (SSSR count). The quantitative estimate of drug-likeness (QED) is 0.460. The fourth-order valence-electron chi connectivity index (χ4n) is 1.05. The highest BCUT2D eigenvalue weighted by Gasteiger charge is 2.18. The van der Waals surface area contributed by atoms with E-state index in [4.69, 9.17) is 27.9 Å². The van der Waals surface area contributed by atoms with E-state index in [1.807, 2.05) is 0 Å². The molecular weight excluding hydrogens is 229 g/mol. The number of halogens is 2. The molecule has 0 aliphatic rings. The van der Waals surface area contributed by atoms with E-state index < -0.39 is 4.92 Å². The second kappa shape index (κ2) is 4.48. The van der Waals surface area contributed by atoms with E-state index in [9.17, 15) is 10.1 Å². The molecule has 76 valence electrons. The third kappa shape index (κ3) is 1.91. The number of methoxy groups -OCH3 is 1. The third-order valence-electron chi connectivity index (χ3n) is 1.73. The van der Waals surface area contributed by atoms with E-state index >= 15 is 0 Å². The number of hydrogen-bond acceptors (Lipinski definition) is 3. The van der Waals surface area contributed by atoms with Crippen LogP contribution in [0.4, 0.5) is 5.69 Å². The summed E-state index contributed by atoms with van der Waals surface area (Å²) in [4.78, 5) is 9.97. The number of ether oxygens (including phenoxy) is 1. The number of nitro groups is 1. The molecule has 0 spiro atoms. The van der Waals surface area contributed by atoms with Gasteiger partial charge in [0.25, 0.3) is 5.69 Å². The largest absolute Gasteiger partial charge is 0.496 e. The summed E-state index contributed by atoms with van der Waals surface area (Å²) in [6.45, 7) is 0. The maximum atomic E-state index is 10.5. The van der Waals surface area contributed by atoms with Crippen molar-refractivity contribution in [2.45, 2.75) is 5.88 Å². The molecule has 0 saturated carbocycles. The summed E-state index contributed by atoms with van der Waals surface area (Å²) in [6.07, 6.45) is 0. The molecule has 0 saturated heterocycles. The Morgan fingerprint density at radius 2 is 2.21 bits per heavy atom. The van der Waals surface area contributed by atoms with E-state index in [-0.39, 0.29) is 16.6 Å². The fourth-order valence-corrected chi connectivity index (χ4v) is 1.67. The van der Waals surface area contributed by atoms with Crippen LogP contribution < -0.4 is 4.74 Å². The molecule has 4 nitrogen and oxygen atoms in total. The van der Waals surface area contributed by atoms with E-state index in [1.165, 1.54) is 19.2 Å². The Labute approximate surface area is 90.5 Å². The summed E-state index contributed by atoms with van der Waals surface area (Å²) < 4.78 is 4.96. The molecule has 0 heterocycles. The summed E-state index contributed by atoms with van der Waals surface area (Å²) in [6, 6.07) is 2.76. The molecule has 0 aromatic heterocycles. The van der Waals surface area contributed by atoms with Crippen molar-refractivity contribution in [3.63, 3.8) is 0 Å². The van der Waals surface area contributed by atoms with Crippen LogP contribution in [0.5, 0.6) is 5.75 Å². The average Bonchev–Trinajstić information content (AvgIpc) is 2.16. The van der Waals surface area contributed by atoms with Crippen molar-refractivity contribution in [2.24, 2.45) is 0 Å². The molecule has 0 radical (unpaired) electrons. The van der Waals surface area contributed by atoms with Crippen LogP contribution in [0.3, 0.4) is 0 Å². The molecular formula is C8H7Cl2NO3. The van der Waals surface area contributed by atoms with Gasteiger partial charge < -0.3 is 4.74 Å². The highest BCUT2D eigenvalue weighted by atomic mass is 35.5. The van der Waals surface area contributed by atoms with Gasteiger partial charge in [0.05, 0.1) is 17.9 Å². The predicted octanol–water partition coefficient (Wildman–Crippen LogP) is 3.00. The van der Waals surface area contributed by atoms with Gasteiger partial charge in [0.2, 0.25) is 0 Å². The molecule has 0 fully saturated rings. The number of nitro benzene ring substituents is 1. The van der Waals surface area contributed by atoms with Crippen LogP contribution >= 0.6 is 23.2 Å². The lowest BCUT2D eigenvalue weighted by Gasteiger charge is -2.07. The zero-order chi connectivity index (χ0) is 10.7. The Morgan fingerprint density at radius 3 is 2.64 bits per heavy atom. The van der Waals surface area contributed by atoms with Crippen molar-refractivity contribution in [3.8, 4) is 5.75 Å². The van der Waals surface area contributed by atoms with Gasteiger partial charge in [-0.05, 0) is 6.07 Å². The SMILES string of the molecule is COc1ccc([N+](=O)[O-])c(Cl)c1CCl. The first-order valence-electron chi connectivity index (χ1n) is 3.67. The summed E-state index contributed by atoms with van der Waals surface area (Å²) in [5.74, 6) is 0.527. The Bertz CT molecular complexity index is 368. The minimum absolute atomic E-state index is 0.0318. The molecule has 0 atom stereocenters. The van der Waals surface area contributed by atoms with Gasteiger partial charge in [0.15, 0.2) is 0 Å². The third-order valence-corrected chi connectivity index (χ3v) is 2.42. The van der Waals surface area contributed by atoms with Gasteiger partial charge in [-0.25, -0.2) is 0 Å². The zero-order valence-electron chi connectivity index (χ0n) is 7.29. The first-order chi connectivity index (χ1) is 6.61. The van der Waals surface area contributed by atoms with Gasteiger partial charge in [-0.3, -0.25) is 10.1 Å². The Kier molecular flexibility index (Phi) is 3.55. The second-order valence-electron chi connectivity index (χ2n) is 2.47. The molecule has 0 bridgehead atoms. The van der Waals surface area contributed by atoms with Crippen molar-refractivity contribution in [1.29, 1.82) is 0 Å². The van der Waals surface area contributed by atoms with Crippen LogP contribution in [-0.2, 0) is 5.88 Å². The molecule has 0 amide bonds. The molecule has 0 aliphatic carbocycles. The van der Waals surface area contributed by atoms with E-state index in [1.54, 1.807) is 0 Å². The van der Waals surface area contributed by atoms with Crippen molar-refractivity contribution >= 4 is 28.9 Å². The monoisotopic (exact) mass is 235 g/mol. The number of nitrogens with zero attached hydrogens (tertiary/aromatic N) is 1. The molecule has 1 aromatic carbocycles. The van der Waals surface area contributed by atoms with Crippen LogP contribution in [0.25, 0.3) is 0 Å². The van der Waals surface area contributed by atoms with Gasteiger partial charge in [0, 0.05) is 11.6 Å². The molecule has 0 unspecified atom stereocenters. The van der Waals surface area contributed by atoms with Gasteiger partial charge in [0.1, 0.15) is 10.8 Å². The smallest absolute Gasteiger partial charge is 0.288 e. The van der Waals surface area contributed by atoms with Gasteiger partial charge in [-0.15, -0.1) is 11.6 Å². The lowest BCUT2D eigenvalue weighted by atomic mass is 10.2. The van der Waals surface area contributed by atoms with Gasteiger partial charge in [-0.2, -0.15) is 0 Å². The Balaban J connectivity index is 3.34. The molecule has 0 aliphatic heterocycles. The Morgan fingerprint density at radius 1 is 1.57 bits per heavy atom. The van der Waals surface area contributed by atoms with E-state index in [0.29, 0.717) is 11.3 Å². The molecule has 14 heavy (non-hydrogen) atoms. The van der Waals surface area contributed by atoms with Crippen LogP contribution in [0.2, 0.25) is 5.02 Å². The summed E-state index contributed by atoms with van der Waals surface area (Å²) >= 11 is 11.4. The van der Waals surface area contributed by atoms with Gasteiger partial charge >= 0.3 is 0 Å². The number of rotatable bonds is 3. The topological polar surface area (TPSA) is 52.4 Å². The minimum atomic E-state index is -0.558. The first-order valence-corrected chi connectivity index (χ1v) is 4.58. The minimum Gasteiger partial charge on any atom is -0.496 e. The van der Waals surface area contributed by atoms with Gasteiger partial charge in [-0.1, -0.05) is 11.6 Å². The highest BCUT2D eigenvalue weighted by Crippen LogP contribution is 2.35. The average molecular weight is 236 g/mol. The van der Waals surface area contributed by atoms with Crippen molar-refractivity contribution in [2.75, 3.05) is 7.11 Å². The van der Waals surface area contributed by atoms with Crippen LogP contribution in [-0.4, -0.2) is 12.0 Å². The fraction of sp³-hybridized carbons (Fsp3) is 0.250. The second-order valence-corrected chi connectivity index (χ2v) is 3.12. The standard InChI is InChI=1S/C8H7Cl2NO3/c1-14-7-3-2-6(11(12)13)8(10)5(7)4-9/h2-3H,4H2,1H3. The van der Waals surface area contributed by atoms with E-state index in [0.717, 1.165) is 0 Å². The van der Waals surface area contributed by atoms with Crippen LogP contribution in [0.1, 0.15) is 5.56 Å². The van der Waals surface area contributed by atoms with Crippen LogP contribution in [0.15, 0.2) is 12.1 Å². The number of alkyl halides is 1. The summed E-state index contributed by atoms with van der Waals surface area (Å²) in [7, 11) is 1.45. The molecule has 0 N–H and O–H groups in total. The summed E-state index contributed by atoms with van der Waals surface area (Å²) in [5, 5.41) is 10.6. The highest BCUT2D eigenvalue weighted by molar-refractivity contribution is 6.34. The first kappa shape index (κ1) is 11.1. The predicted molar refractivity (Wildman–Crippen MR) is 54.2 cm³/mol.